The highest BCUT2D eigenvalue weighted by Gasteiger charge is 2.23. The van der Waals surface area contributed by atoms with Crippen LogP contribution in [-0.4, -0.2) is 28.8 Å². The molecule has 6 nitrogen and oxygen atoms in total. The molecule has 29 heavy (non-hydrogen) atoms. The van der Waals surface area contributed by atoms with Crippen LogP contribution >= 0.6 is 11.3 Å². The minimum atomic E-state index is -0.349. The summed E-state index contributed by atoms with van der Waals surface area (Å²) in [6.45, 7) is 1.21. The largest absolute Gasteiger partial charge is 0.368 e. The highest BCUT2D eigenvalue weighted by atomic mass is 32.1. The van der Waals surface area contributed by atoms with Gasteiger partial charge in [-0.3, -0.25) is 4.79 Å². The Bertz CT molecular complexity index is 971. The molecule has 1 aliphatic rings. The third-order valence-electron chi connectivity index (χ3n) is 4.60. The Balaban J connectivity index is 1.31. The summed E-state index contributed by atoms with van der Waals surface area (Å²) in [5, 5.41) is 16.1. The van der Waals surface area contributed by atoms with Gasteiger partial charge in [-0.25, -0.2) is 4.39 Å². The van der Waals surface area contributed by atoms with E-state index in [2.05, 4.69) is 20.8 Å². The predicted molar refractivity (Wildman–Crippen MR) is 110 cm³/mol. The lowest BCUT2D eigenvalue weighted by atomic mass is 10.2. The van der Waals surface area contributed by atoms with Crippen LogP contribution in [0.15, 0.2) is 48.5 Å². The Morgan fingerprint density at radius 2 is 2.03 bits per heavy atom. The maximum atomic E-state index is 13.0. The third-order valence-corrected chi connectivity index (χ3v) is 5.48. The van der Waals surface area contributed by atoms with E-state index in [1.54, 1.807) is 12.1 Å². The van der Waals surface area contributed by atoms with Gasteiger partial charge >= 0.3 is 0 Å². The first-order valence-corrected chi connectivity index (χ1v) is 10.3. The number of halogens is 1. The van der Waals surface area contributed by atoms with Crippen LogP contribution in [0.4, 0.5) is 15.2 Å². The van der Waals surface area contributed by atoms with Crippen LogP contribution in [0, 0.1) is 5.82 Å². The van der Waals surface area contributed by atoms with E-state index < -0.39 is 0 Å². The van der Waals surface area contributed by atoms with Crippen molar-refractivity contribution in [1.29, 1.82) is 0 Å². The van der Waals surface area contributed by atoms with E-state index in [0.717, 1.165) is 39.8 Å². The van der Waals surface area contributed by atoms with Crippen molar-refractivity contribution in [2.45, 2.75) is 31.9 Å². The van der Waals surface area contributed by atoms with E-state index in [1.165, 1.54) is 23.5 Å². The van der Waals surface area contributed by atoms with E-state index in [0.29, 0.717) is 19.6 Å². The molecule has 1 aliphatic heterocycles. The first-order chi connectivity index (χ1) is 14.2. The molecule has 0 bridgehead atoms. The number of hydrogen-bond acceptors (Lipinski definition) is 6. The first kappa shape index (κ1) is 19.5. The molecule has 3 aromatic rings. The average Bonchev–Trinajstić information content (AvgIpc) is 3.41. The lowest BCUT2D eigenvalue weighted by Crippen LogP contribution is -2.26. The van der Waals surface area contributed by atoms with Crippen molar-refractivity contribution < 1.29 is 13.9 Å². The summed E-state index contributed by atoms with van der Waals surface area (Å²) in [7, 11) is 0. The number of benzene rings is 2. The fourth-order valence-electron chi connectivity index (χ4n) is 3.12. The number of nitrogens with one attached hydrogen (secondary N) is 2. The van der Waals surface area contributed by atoms with Gasteiger partial charge in [0.15, 0.2) is 0 Å². The summed E-state index contributed by atoms with van der Waals surface area (Å²) >= 11 is 1.47. The van der Waals surface area contributed by atoms with Gasteiger partial charge in [-0.05, 0) is 48.2 Å². The van der Waals surface area contributed by atoms with Crippen LogP contribution in [0.3, 0.4) is 0 Å². The van der Waals surface area contributed by atoms with Gasteiger partial charge in [0.1, 0.15) is 16.9 Å². The van der Waals surface area contributed by atoms with Crippen LogP contribution < -0.4 is 10.6 Å². The molecule has 8 heteroatoms. The maximum absolute atomic E-state index is 13.0. The van der Waals surface area contributed by atoms with Crippen molar-refractivity contribution in [2.75, 3.05) is 17.2 Å². The lowest BCUT2D eigenvalue weighted by molar-refractivity contribution is -0.124. The van der Waals surface area contributed by atoms with Gasteiger partial charge in [-0.2, -0.15) is 0 Å². The van der Waals surface area contributed by atoms with Gasteiger partial charge in [-0.1, -0.05) is 35.6 Å². The second-order valence-corrected chi connectivity index (χ2v) is 7.91. The fraction of sp³-hybridized carbons (Fsp3) is 0.286. The van der Waals surface area contributed by atoms with E-state index in [1.807, 2.05) is 24.3 Å². The normalized spacial score (nSPS) is 16.0. The number of aromatic nitrogens is 2. The van der Waals surface area contributed by atoms with Gasteiger partial charge in [0.2, 0.25) is 5.13 Å². The van der Waals surface area contributed by atoms with Gasteiger partial charge in [0.25, 0.3) is 5.91 Å². The van der Waals surface area contributed by atoms with Crippen molar-refractivity contribution in [2.24, 2.45) is 0 Å². The second kappa shape index (κ2) is 9.11. The molecule has 1 amide bonds. The number of rotatable bonds is 7. The first-order valence-electron chi connectivity index (χ1n) is 9.48. The van der Waals surface area contributed by atoms with Gasteiger partial charge in [0, 0.05) is 25.3 Å². The monoisotopic (exact) mass is 412 g/mol. The zero-order valence-corrected chi connectivity index (χ0v) is 16.5. The van der Waals surface area contributed by atoms with Crippen LogP contribution in [0.1, 0.15) is 29.0 Å². The van der Waals surface area contributed by atoms with E-state index in [-0.39, 0.29) is 17.8 Å². The minimum absolute atomic E-state index is 0.0952. The van der Waals surface area contributed by atoms with Gasteiger partial charge in [-0.15, -0.1) is 10.2 Å². The summed E-state index contributed by atoms with van der Waals surface area (Å²) in [6.07, 6.45) is 1.96. The van der Waals surface area contributed by atoms with Crippen molar-refractivity contribution >= 4 is 28.1 Å². The summed E-state index contributed by atoms with van der Waals surface area (Å²) in [4.78, 5) is 12.2. The summed E-state index contributed by atoms with van der Waals surface area (Å²) in [6, 6.07) is 14.1. The highest BCUT2D eigenvalue weighted by Crippen LogP contribution is 2.21. The molecule has 0 spiro atoms. The molecular weight excluding hydrogens is 391 g/mol. The van der Waals surface area contributed by atoms with Crippen LogP contribution in [0.2, 0.25) is 0 Å². The molecule has 1 fully saturated rings. The molecule has 1 saturated heterocycles. The zero-order chi connectivity index (χ0) is 20.1. The third kappa shape index (κ3) is 5.36. The summed E-state index contributed by atoms with van der Waals surface area (Å²) in [5.41, 5.74) is 2.76. The van der Waals surface area contributed by atoms with Gasteiger partial charge in [0.05, 0.1) is 0 Å². The fourth-order valence-corrected chi connectivity index (χ4v) is 3.89. The molecule has 0 saturated carbocycles. The van der Waals surface area contributed by atoms with Gasteiger partial charge < -0.3 is 15.4 Å². The van der Waals surface area contributed by atoms with E-state index >= 15 is 0 Å². The van der Waals surface area contributed by atoms with Crippen molar-refractivity contribution in [1.82, 2.24) is 10.2 Å². The summed E-state index contributed by atoms with van der Waals surface area (Å²) < 4.78 is 18.4. The molecule has 1 atom stereocenters. The molecule has 4 rings (SSSR count). The molecule has 0 radical (unpaired) electrons. The number of hydrogen-bond donors (Lipinski definition) is 2. The Kier molecular flexibility index (Phi) is 6.12. The Morgan fingerprint density at radius 3 is 2.83 bits per heavy atom. The SMILES string of the molecule is O=C(Nc1cccc(CNc2nnc(Cc3ccc(F)cc3)s2)c1)C1CCCO1. The van der Waals surface area contributed by atoms with Crippen LogP contribution in [-0.2, 0) is 22.5 Å². The number of carbonyl (C=O) groups excluding carboxylic acids is 1. The quantitative estimate of drug-likeness (QED) is 0.614. The Labute approximate surface area is 172 Å². The minimum Gasteiger partial charge on any atom is -0.368 e. The van der Waals surface area contributed by atoms with E-state index in [9.17, 15) is 9.18 Å². The number of anilines is 2. The number of nitrogens with zero attached hydrogens (tertiary/aromatic N) is 2. The van der Waals surface area contributed by atoms with Crippen molar-refractivity contribution in [3.63, 3.8) is 0 Å². The number of amides is 1. The average molecular weight is 412 g/mol. The van der Waals surface area contributed by atoms with E-state index in [4.69, 9.17) is 4.74 Å². The number of ether oxygens (including phenoxy) is 1. The lowest BCUT2D eigenvalue weighted by Gasteiger charge is -2.11. The Hall–Kier alpha value is -2.84. The van der Waals surface area contributed by atoms with Crippen LogP contribution in [0.25, 0.3) is 0 Å². The molecule has 1 aromatic heterocycles. The van der Waals surface area contributed by atoms with Crippen molar-refractivity contribution in [3.05, 3.63) is 70.5 Å². The van der Waals surface area contributed by atoms with Crippen molar-refractivity contribution in [3.8, 4) is 0 Å². The maximum Gasteiger partial charge on any atom is 0.253 e. The molecule has 150 valence electrons. The molecule has 1 unspecified atom stereocenters. The standard InChI is InChI=1S/C21H21FN4O2S/c22-16-8-6-14(7-9-16)12-19-25-26-21(29-19)23-13-15-3-1-4-17(11-15)24-20(27)18-5-2-10-28-18/h1,3-4,6-9,11,18H,2,5,10,12-13H2,(H,23,26)(H,24,27). The molecule has 2 aromatic carbocycles. The summed E-state index contributed by atoms with van der Waals surface area (Å²) in [5.74, 6) is -0.343. The second-order valence-electron chi connectivity index (χ2n) is 6.85. The Morgan fingerprint density at radius 1 is 1.17 bits per heavy atom. The molecule has 0 aliphatic carbocycles. The number of carbonyl (C=O) groups is 1. The smallest absolute Gasteiger partial charge is 0.253 e. The molecule has 2 N–H and O–H groups in total. The predicted octanol–water partition coefficient (Wildman–Crippen LogP) is 4.00. The molecular formula is C21H21FN4O2S. The highest BCUT2D eigenvalue weighted by molar-refractivity contribution is 7.15. The topological polar surface area (TPSA) is 76.1 Å². The molecule has 2 heterocycles. The van der Waals surface area contributed by atoms with Crippen LogP contribution in [0.5, 0.6) is 0 Å². The zero-order valence-electron chi connectivity index (χ0n) is 15.7.